The third kappa shape index (κ3) is 1.61. The minimum atomic E-state index is 0.705. The highest BCUT2D eigenvalue weighted by atomic mass is 16.5. The standard InChI is InChI=1S/C11H11NO/c1-2-13-11-4-3-10-8-12-6-5-9(10)7-11/h3-8H,2H2,1H3. The van der Waals surface area contributed by atoms with Crippen LogP contribution < -0.4 is 4.74 Å². The molecule has 0 saturated carbocycles. The Morgan fingerprint density at radius 2 is 2.15 bits per heavy atom. The van der Waals surface area contributed by atoms with Gasteiger partial charge in [-0.1, -0.05) is 0 Å². The van der Waals surface area contributed by atoms with E-state index in [1.807, 2.05) is 37.4 Å². The maximum absolute atomic E-state index is 5.39. The molecule has 0 fully saturated rings. The molecule has 0 aliphatic rings. The van der Waals surface area contributed by atoms with Gasteiger partial charge in [-0.15, -0.1) is 0 Å². The van der Waals surface area contributed by atoms with Gasteiger partial charge in [-0.25, -0.2) is 0 Å². The quantitative estimate of drug-likeness (QED) is 0.696. The van der Waals surface area contributed by atoms with Gasteiger partial charge in [-0.2, -0.15) is 0 Å². The monoisotopic (exact) mass is 173 g/mol. The topological polar surface area (TPSA) is 22.1 Å². The first-order valence-corrected chi connectivity index (χ1v) is 4.37. The highest BCUT2D eigenvalue weighted by Crippen LogP contribution is 2.19. The van der Waals surface area contributed by atoms with Crippen molar-refractivity contribution in [3.05, 3.63) is 36.7 Å². The zero-order valence-electron chi connectivity index (χ0n) is 7.53. The Bertz CT molecular complexity index is 412. The highest BCUT2D eigenvalue weighted by molar-refractivity contribution is 5.82. The minimum absolute atomic E-state index is 0.705. The normalized spacial score (nSPS) is 10.2. The molecule has 0 aliphatic carbocycles. The number of rotatable bonds is 2. The van der Waals surface area contributed by atoms with Gasteiger partial charge in [0.2, 0.25) is 0 Å². The van der Waals surface area contributed by atoms with E-state index in [1.54, 1.807) is 6.20 Å². The Kier molecular flexibility index (Phi) is 2.13. The van der Waals surface area contributed by atoms with Crippen LogP contribution >= 0.6 is 0 Å². The Balaban J connectivity index is 2.49. The van der Waals surface area contributed by atoms with Crippen LogP contribution in [-0.4, -0.2) is 11.6 Å². The van der Waals surface area contributed by atoms with Crippen molar-refractivity contribution in [3.8, 4) is 5.75 Å². The molecule has 0 radical (unpaired) electrons. The van der Waals surface area contributed by atoms with E-state index < -0.39 is 0 Å². The fourth-order valence-corrected chi connectivity index (χ4v) is 1.32. The molecule has 13 heavy (non-hydrogen) atoms. The van der Waals surface area contributed by atoms with Gasteiger partial charge < -0.3 is 4.74 Å². The zero-order valence-corrected chi connectivity index (χ0v) is 7.53. The molecule has 0 saturated heterocycles. The molecule has 0 atom stereocenters. The molecule has 2 nitrogen and oxygen atoms in total. The van der Waals surface area contributed by atoms with E-state index in [1.165, 1.54) is 5.39 Å². The summed E-state index contributed by atoms with van der Waals surface area (Å²) in [7, 11) is 0. The summed E-state index contributed by atoms with van der Waals surface area (Å²) in [6, 6.07) is 8.00. The number of benzene rings is 1. The van der Waals surface area contributed by atoms with E-state index in [4.69, 9.17) is 4.74 Å². The molecule has 0 unspecified atom stereocenters. The maximum atomic E-state index is 5.39. The van der Waals surface area contributed by atoms with E-state index in [2.05, 4.69) is 4.98 Å². The average Bonchev–Trinajstić information content (AvgIpc) is 2.18. The first-order valence-electron chi connectivity index (χ1n) is 4.37. The first-order chi connectivity index (χ1) is 6.40. The van der Waals surface area contributed by atoms with Crippen molar-refractivity contribution in [2.24, 2.45) is 0 Å². The van der Waals surface area contributed by atoms with Gasteiger partial charge >= 0.3 is 0 Å². The van der Waals surface area contributed by atoms with Crippen LogP contribution in [0.1, 0.15) is 6.92 Å². The van der Waals surface area contributed by atoms with Gasteiger partial charge in [0.15, 0.2) is 0 Å². The summed E-state index contributed by atoms with van der Waals surface area (Å²) in [4.78, 5) is 4.05. The second kappa shape index (κ2) is 3.44. The van der Waals surface area contributed by atoms with Gasteiger partial charge in [0, 0.05) is 17.8 Å². The lowest BCUT2D eigenvalue weighted by molar-refractivity contribution is 0.341. The van der Waals surface area contributed by atoms with Gasteiger partial charge in [0.05, 0.1) is 6.61 Å². The van der Waals surface area contributed by atoms with Crippen molar-refractivity contribution >= 4 is 10.8 Å². The average molecular weight is 173 g/mol. The molecule has 2 aromatic rings. The number of hydrogen-bond acceptors (Lipinski definition) is 2. The van der Waals surface area contributed by atoms with E-state index >= 15 is 0 Å². The van der Waals surface area contributed by atoms with Crippen LogP contribution in [0.25, 0.3) is 10.8 Å². The summed E-state index contributed by atoms with van der Waals surface area (Å²) < 4.78 is 5.39. The van der Waals surface area contributed by atoms with E-state index in [0.717, 1.165) is 11.1 Å². The van der Waals surface area contributed by atoms with Crippen LogP contribution in [0.5, 0.6) is 5.75 Å². The lowest BCUT2D eigenvalue weighted by atomic mass is 10.2. The molecular formula is C11H11NO. The molecule has 2 rings (SSSR count). The van der Waals surface area contributed by atoms with Crippen LogP contribution in [0.4, 0.5) is 0 Å². The molecule has 1 aromatic carbocycles. The Morgan fingerprint density at radius 1 is 1.23 bits per heavy atom. The molecule has 0 bridgehead atoms. The van der Waals surface area contributed by atoms with Crippen molar-refractivity contribution in [1.29, 1.82) is 0 Å². The molecule has 66 valence electrons. The van der Waals surface area contributed by atoms with Crippen molar-refractivity contribution in [3.63, 3.8) is 0 Å². The first kappa shape index (κ1) is 8.05. The number of ether oxygens (including phenoxy) is 1. The zero-order chi connectivity index (χ0) is 9.10. The van der Waals surface area contributed by atoms with Crippen molar-refractivity contribution in [1.82, 2.24) is 4.98 Å². The Morgan fingerprint density at radius 3 is 3.00 bits per heavy atom. The smallest absolute Gasteiger partial charge is 0.119 e. The highest BCUT2D eigenvalue weighted by Gasteiger charge is 1.95. The van der Waals surface area contributed by atoms with Crippen molar-refractivity contribution in [2.75, 3.05) is 6.61 Å². The van der Waals surface area contributed by atoms with Crippen LogP contribution in [-0.2, 0) is 0 Å². The predicted molar refractivity (Wildman–Crippen MR) is 52.9 cm³/mol. The molecule has 2 heteroatoms. The summed E-state index contributed by atoms with van der Waals surface area (Å²) in [6.07, 6.45) is 3.64. The number of nitrogens with zero attached hydrogens (tertiary/aromatic N) is 1. The summed E-state index contributed by atoms with van der Waals surface area (Å²) in [5, 5.41) is 2.31. The Hall–Kier alpha value is -1.57. The van der Waals surface area contributed by atoms with Crippen LogP contribution in [0, 0.1) is 0 Å². The lowest BCUT2D eigenvalue weighted by Gasteiger charge is -2.03. The summed E-state index contributed by atoms with van der Waals surface area (Å²) in [5.41, 5.74) is 0. The Labute approximate surface area is 77.2 Å². The van der Waals surface area contributed by atoms with Crippen molar-refractivity contribution < 1.29 is 4.74 Å². The fourth-order valence-electron chi connectivity index (χ4n) is 1.32. The molecule has 1 aromatic heterocycles. The number of hydrogen-bond donors (Lipinski definition) is 0. The molecule has 0 aliphatic heterocycles. The van der Waals surface area contributed by atoms with E-state index in [-0.39, 0.29) is 0 Å². The molecule has 1 heterocycles. The second-order valence-electron chi connectivity index (χ2n) is 2.82. The van der Waals surface area contributed by atoms with Gasteiger partial charge in [-0.3, -0.25) is 4.98 Å². The summed E-state index contributed by atoms with van der Waals surface area (Å²) in [6.45, 7) is 2.69. The number of fused-ring (bicyclic) bond motifs is 1. The third-order valence-corrected chi connectivity index (χ3v) is 1.92. The molecule has 0 N–H and O–H groups in total. The minimum Gasteiger partial charge on any atom is -0.494 e. The molecular weight excluding hydrogens is 162 g/mol. The largest absolute Gasteiger partial charge is 0.494 e. The maximum Gasteiger partial charge on any atom is 0.119 e. The molecule has 0 amide bonds. The van der Waals surface area contributed by atoms with Gasteiger partial charge in [0.25, 0.3) is 0 Å². The van der Waals surface area contributed by atoms with Crippen LogP contribution in [0.15, 0.2) is 36.7 Å². The second-order valence-corrected chi connectivity index (χ2v) is 2.82. The number of aromatic nitrogens is 1. The van der Waals surface area contributed by atoms with Crippen molar-refractivity contribution in [2.45, 2.75) is 6.92 Å². The SMILES string of the molecule is CCOc1ccc2cnccc2c1. The van der Waals surface area contributed by atoms with Crippen LogP contribution in [0.3, 0.4) is 0 Å². The summed E-state index contributed by atoms with van der Waals surface area (Å²) >= 11 is 0. The van der Waals surface area contributed by atoms with Gasteiger partial charge in [-0.05, 0) is 36.6 Å². The predicted octanol–water partition coefficient (Wildman–Crippen LogP) is 2.63. The molecule has 0 spiro atoms. The summed E-state index contributed by atoms with van der Waals surface area (Å²) in [5.74, 6) is 0.918. The lowest BCUT2D eigenvalue weighted by Crippen LogP contribution is -1.90. The van der Waals surface area contributed by atoms with Crippen LogP contribution in [0.2, 0.25) is 0 Å². The third-order valence-electron chi connectivity index (χ3n) is 1.92. The fraction of sp³-hybridized carbons (Fsp3) is 0.182. The van der Waals surface area contributed by atoms with E-state index in [0.29, 0.717) is 6.61 Å². The van der Waals surface area contributed by atoms with E-state index in [9.17, 15) is 0 Å². The number of pyridine rings is 1. The van der Waals surface area contributed by atoms with Gasteiger partial charge in [0.1, 0.15) is 5.75 Å².